The van der Waals surface area contributed by atoms with E-state index in [0.717, 1.165) is 22.4 Å². The highest BCUT2D eigenvalue weighted by molar-refractivity contribution is 5.95. The van der Waals surface area contributed by atoms with Gasteiger partial charge in [0.1, 0.15) is 6.54 Å². The number of hydrogen-bond acceptors (Lipinski definition) is 3. The Morgan fingerprint density at radius 3 is 2.33 bits per heavy atom. The van der Waals surface area contributed by atoms with Gasteiger partial charge in [0, 0.05) is 18.0 Å². The summed E-state index contributed by atoms with van der Waals surface area (Å²) in [7, 11) is 0. The third kappa shape index (κ3) is 4.55. The number of carbonyl (C=O) groups is 2. The molecule has 126 valence electrons. The Morgan fingerprint density at radius 1 is 1.04 bits per heavy atom. The van der Waals surface area contributed by atoms with Gasteiger partial charge in [0.15, 0.2) is 0 Å². The molecule has 1 heterocycles. The van der Waals surface area contributed by atoms with Crippen LogP contribution in [0.1, 0.15) is 16.7 Å². The third-order valence-corrected chi connectivity index (χ3v) is 3.60. The normalized spacial score (nSPS) is 10.3. The maximum atomic E-state index is 12.0. The number of aromatic nitrogens is 1. The monoisotopic (exact) mass is 327 g/mol. The van der Waals surface area contributed by atoms with Crippen LogP contribution in [0.5, 0.6) is 0 Å². The van der Waals surface area contributed by atoms with Crippen LogP contribution in [0.2, 0.25) is 0 Å². The molecule has 2 aromatic rings. The van der Waals surface area contributed by atoms with Crippen molar-refractivity contribution in [3.8, 4) is 0 Å². The molecule has 0 atom stereocenters. The van der Waals surface area contributed by atoms with E-state index in [1.54, 1.807) is 12.1 Å². The minimum atomic E-state index is -0.393. The molecule has 2 N–H and O–H groups in total. The van der Waals surface area contributed by atoms with Crippen LogP contribution in [0, 0.1) is 20.8 Å². The molecule has 2 rings (SSSR count). The fourth-order valence-electron chi connectivity index (χ4n) is 2.54. The summed E-state index contributed by atoms with van der Waals surface area (Å²) in [5.74, 6) is -0.699. The highest BCUT2D eigenvalue weighted by atomic mass is 16.2. The number of rotatable bonds is 5. The predicted octanol–water partition coefficient (Wildman–Crippen LogP) is 1.53. The molecule has 0 bridgehead atoms. The van der Waals surface area contributed by atoms with Crippen molar-refractivity contribution in [2.24, 2.45) is 0 Å². The number of carbonyl (C=O) groups excluding carboxylic acids is 2. The summed E-state index contributed by atoms with van der Waals surface area (Å²) < 4.78 is 1.28. The molecule has 0 aliphatic carbocycles. The molecular formula is C18H21N3O3. The number of benzene rings is 1. The lowest BCUT2D eigenvalue weighted by molar-refractivity contribution is -0.124. The molecule has 6 nitrogen and oxygen atoms in total. The fourth-order valence-corrected chi connectivity index (χ4v) is 2.54. The van der Waals surface area contributed by atoms with Gasteiger partial charge in [-0.05, 0) is 38.0 Å². The fraction of sp³-hybridized carbons (Fsp3) is 0.278. The molecule has 0 unspecified atom stereocenters. The molecular weight excluding hydrogens is 306 g/mol. The van der Waals surface area contributed by atoms with E-state index in [1.807, 2.05) is 32.9 Å². The van der Waals surface area contributed by atoms with E-state index in [-0.39, 0.29) is 24.6 Å². The van der Waals surface area contributed by atoms with E-state index >= 15 is 0 Å². The molecule has 0 aliphatic heterocycles. The summed E-state index contributed by atoms with van der Waals surface area (Å²) in [6.45, 7) is 5.59. The van der Waals surface area contributed by atoms with Gasteiger partial charge in [-0.1, -0.05) is 23.8 Å². The van der Waals surface area contributed by atoms with Crippen LogP contribution in [0.3, 0.4) is 0 Å². The van der Waals surface area contributed by atoms with Gasteiger partial charge >= 0.3 is 0 Å². The van der Waals surface area contributed by atoms with E-state index < -0.39 is 5.91 Å². The molecule has 0 fully saturated rings. The molecule has 0 saturated heterocycles. The van der Waals surface area contributed by atoms with Crippen molar-refractivity contribution >= 4 is 17.5 Å². The quantitative estimate of drug-likeness (QED) is 0.874. The highest BCUT2D eigenvalue weighted by Crippen LogP contribution is 2.21. The first kappa shape index (κ1) is 17.5. The zero-order valence-corrected chi connectivity index (χ0v) is 14.1. The molecule has 0 radical (unpaired) electrons. The van der Waals surface area contributed by atoms with Crippen LogP contribution in [0.25, 0.3) is 0 Å². The van der Waals surface area contributed by atoms with E-state index in [9.17, 15) is 14.4 Å². The van der Waals surface area contributed by atoms with Crippen molar-refractivity contribution in [2.75, 3.05) is 11.9 Å². The van der Waals surface area contributed by atoms with E-state index in [1.165, 1.54) is 16.8 Å². The summed E-state index contributed by atoms with van der Waals surface area (Å²) in [6.07, 6.45) is 1.53. The molecule has 2 amide bonds. The number of nitrogens with zero attached hydrogens (tertiary/aromatic N) is 1. The Labute approximate surface area is 140 Å². The predicted molar refractivity (Wildman–Crippen MR) is 93.0 cm³/mol. The Hall–Kier alpha value is -2.89. The standard InChI is InChI=1S/C18H21N3O3/c1-12-8-13(2)18(14(3)9-12)20-15(22)10-19-16(23)11-21-7-5-4-6-17(21)24/h4-9H,10-11H2,1-3H3,(H,19,23)(H,20,22). The van der Waals surface area contributed by atoms with Crippen molar-refractivity contribution in [1.29, 1.82) is 0 Å². The summed E-state index contributed by atoms with van der Waals surface area (Å²) in [5.41, 5.74) is 3.58. The second-order valence-electron chi connectivity index (χ2n) is 5.77. The first-order valence-electron chi connectivity index (χ1n) is 7.66. The van der Waals surface area contributed by atoms with Gasteiger partial charge in [-0.3, -0.25) is 14.4 Å². The van der Waals surface area contributed by atoms with E-state index in [2.05, 4.69) is 10.6 Å². The van der Waals surface area contributed by atoms with E-state index in [0.29, 0.717) is 0 Å². The van der Waals surface area contributed by atoms with Crippen molar-refractivity contribution < 1.29 is 9.59 Å². The lowest BCUT2D eigenvalue weighted by Gasteiger charge is -2.13. The van der Waals surface area contributed by atoms with Crippen LogP contribution in [-0.2, 0) is 16.1 Å². The largest absolute Gasteiger partial charge is 0.345 e. The number of nitrogens with one attached hydrogen (secondary N) is 2. The average Bonchev–Trinajstić information content (AvgIpc) is 2.51. The summed E-state index contributed by atoms with van der Waals surface area (Å²) in [5, 5.41) is 5.33. The lowest BCUT2D eigenvalue weighted by atomic mass is 10.1. The molecule has 24 heavy (non-hydrogen) atoms. The second kappa shape index (κ2) is 7.59. The maximum Gasteiger partial charge on any atom is 0.250 e. The first-order chi connectivity index (χ1) is 11.4. The van der Waals surface area contributed by atoms with Crippen LogP contribution in [0.15, 0.2) is 41.3 Å². The molecule has 0 aliphatic rings. The van der Waals surface area contributed by atoms with Gasteiger partial charge in [0.25, 0.3) is 5.56 Å². The zero-order valence-electron chi connectivity index (χ0n) is 14.1. The Balaban J connectivity index is 1.91. The SMILES string of the molecule is Cc1cc(C)c(NC(=O)CNC(=O)Cn2ccccc2=O)c(C)c1. The topological polar surface area (TPSA) is 80.2 Å². The number of hydrogen-bond donors (Lipinski definition) is 2. The first-order valence-corrected chi connectivity index (χ1v) is 7.66. The van der Waals surface area contributed by atoms with Crippen LogP contribution in [-0.4, -0.2) is 22.9 Å². The number of aryl methyl sites for hydroxylation is 3. The third-order valence-electron chi connectivity index (χ3n) is 3.60. The highest BCUT2D eigenvalue weighted by Gasteiger charge is 2.10. The summed E-state index contributed by atoms with van der Waals surface area (Å²) in [4.78, 5) is 35.4. The van der Waals surface area contributed by atoms with Gasteiger partial charge in [-0.25, -0.2) is 0 Å². The van der Waals surface area contributed by atoms with Crippen molar-refractivity contribution in [3.63, 3.8) is 0 Å². The number of amides is 2. The minimum Gasteiger partial charge on any atom is -0.345 e. The van der Waals surface area contributed by atoms with Crippen molar-refractivity contribution in [2.45, 2.75) is 27.3 Å². The molecule has 6 heteroatoms. The number of pyridine rings is 1. The molecule has 1 aromatic heterocycles. The lowest BCUT2D eigenvalue weighted by Crippen LogP contribution is -2.37. The average molecular weight is 327 g/mol. The molecule has 1 aromatic carbocycles. The molecule has 0 spiro atoms. The summed E-state index contributed by atoms with van der Waals surface area (Å²) in [6, 6.07) is 8.63. The van der Waals surface area contributed by atoms with Gasteiger partial charge in [0.05, 0.1) is 6.54 Å². The Kier molecular flexibility index (Phi) is 5.52. The van der Waals surface area contributed by atoms with Crippen LogP contribution >= 0.6 is 0 Å². The summed E-state index contributed by atoms with van der Waals surface area (Å²) >= 11 is 0. The van der Waals surface area contributed by atoms with Crippen molar-refractivity contribution in [1.82, 2.24) is 9.88 Å². The van der Waals surface area contributed by atoms with Gasteiger partial charge in [-0.15, -0.1) is 0 Å². The van der Waals surface area contributed by atoms with Crippen LogP contribution in [0.4, 0.5) is 5.69 Å². The minimum absolute atomic E-state index is 0.116. The zero-order chi connectivity index (χ0) is 17.7. The maximum absolute atomic E-state index is 12.0. The smallest absolute Gasteiger partial charge is 0.250 e. The van der Waals surface area contributed by atoms with Crippen LogP contribution < -0.4 is 16.2 Å². The van der Waals surface area contributed by atoms with E-state index in [4.69, 9.17) is 0 Å². The van der Waals surface area contributed by atoms with Gasteiger partial charge < -0.3 is 15.2 Å². The number of anilines is 1. The Morgan fingerprint density at radius 2 is 1.71 bits per heavy atom. The Bertz CT molecular complexity index is 801. The van der Waals surface area contributed by atoms with Crippen molar-refractivity contribution in [3.05, 3.63) is 63.6 Å². The van der Waals surface area contributed by atoms with Gasteiger partial charge in [0.2, 0.25) is 11.8 Å². The second-order valence-corrected chi connectivity index (χ2v) is 5.77. The van der Waals surface area contributed by atoms with Gasteiger partial charge in [-0.2, -0.15) is 0 Å². The molecule has 0 saturated carbocycles.